The summed E-state index contributed by atoms with van der Waals surface area (Å²) in [6.07, 6.45) is 11.7. The summed E-state index contributed by atoms with van der Waals surface area (Å²) in [4.78, 5) is 2.70. The van der Waals surface area contributed by atoms with Crippen molar-refractivity contribution in [2.24, 2.45) is 5.92 Å². The fourth-order valence-electron chi connectivity index (χ4n) is 4.13. The van der Waals surface area contributed by atoms with E-state index < -0.39 is 0 Å². The zero-order valence-corrected chi connectivity index (χ0v) is 21.3. The Labute approximate surface area is 158 Å². The maximum absolute atomic E-state index is 2.70. The molecule has 2 heteroatoms. The van der Waals surface area contributed by atoms with Gasteiger partial charge in [-0.3, -0.25) is 0 Å². The molecule has 1 aromatic rings. The second kappa shape index (κ2) is 10.8. The summed E-state index contributed by atoms with van der Waals surface area (Å²) in [5.41, 5.74) is 1.47. The molecule has 1 saturated heterocycles. The number of nitrogens with zero attached hydrogens (tertiary/aromatic N) is 1. The van der Waals surface area contributed by atoms with E-state index in [0.29, 0.717) is 0 Å². The Bertz CT molecular complexity index is 419. The summed E-state index contributed by atoms with van der Waals surface area (Å²) in [5.74, 6) is 1.04. The molecule has 1 aliphatic heterocycles. The van der Waals surface area contributed by atoms with Crippen molar-refractivity contribution in [1.29, 1.82) is 0 Å². The Kier molecular flexibility index (Phi) is 9.12. The van der Waals surface area contributed by atoms with Gasteiger partial charge in [-0.15, -0.1) is 0 Å². The molecule has 0 spiro atoms. The zero-order valence-electron chi connectivity index (χ0n) is 15.6. The van der Waals surface area contributed by atoms with E-state index in [4.69, 9.17) is 0 Å². The SMILES string of the molecule is CCCCCCC[CH]([InH2])C1CCN(Cc2ccccc2)C(C)C1. The Balaban J connectivity index is 1.70. The first kappa shape index (κ1) is 19.4. The van der Waals surface area contributed by atoms with E-state index in [9.17, 15) is 0 Å². The molecule has 1 heterocycles. The van der Waals surface area contributed by atoms with Crippen LogP contribution in [0.1, 0.15) is 70.8 Å². The summed E-state index contributed by atoms with van der Waals surface area (Å²) >= 11 is 0.824. The molecule has 0 aliphatic carbocycles. The van der Waals surface area contributed by atoms with Gasteiger partial charge >= 0.3 is 159 Å². The van der Waals surface area contributed by atoms with Gasteiger partial charge in [0.1, 0.15) is 0 Å². The quantitative estimate of drug-likeness (QED) is 0.508. The summed E-state index contributed by atoms with van der Waals surface area (Å²) in [6.45, 7) is 7.22. The number of hydrogen-bond acceptors (Lipinski definition) is 1. The van der Waals surface area contributed by atoms with E-state index in [0.717, 1.165) is 46.6 Å². The van der Waals surface area contributed by atoms with Gasteiger partial charge in [0.25, 0.3) is 0 Å². The van der Waals surface area contributed by atoms with E-state index in [-0.39, 0.29) is 0 Å². The Morgan fingerprint density at radius 1 is 1.13 bits per heavy atom. The van der Waals surface area contributed by atoms with Gasteiger partial charge in [-0.1, -0.05) is 0 Å². The molecule has 1 aliphatic rings. The second-order valence-electron chi connectivity index (χ2n) is 7.77. The van der Waals surface area contributed by atoms with Crippen molar-refractivity contribution >= 4 is 24.4 Å². The minimum absolute atomic E-state index is 0.766. The van der Waals surface area contributed by atoms with E-state index in [1.54, 1.807) is 0 Å². The third-order valence-electron chi connectivity index (χ3n) is 5.85. The van der Waals surface area contributed by atoms with Crippen LogP contribution < -0.4 is 0 Å². The monoisotopic (exact) mass is 417 g/mol. The molecule has 2 rings (SSSR count). The molecule has 0 amide bonds. The average Bonchev–Trinajstić information content (AvgIpc) is 2.57. The molecule has 1 aromatic carbocycles. The van der Waals surface area contributed by atoms with E-state index in [1.165, 1.54) is 63.5 Å². The van der Waals surface area contributed by atoms with Crippen LogP contribution in [0.25, 0.3) is 0 Å². The molecule has 0 N–H and O–H groups in total. The van der Waals surface area contributed by atoms with E-state index in [1.807, 2.05) is 0 Å². The van der Waals surface area contributed by atoms with Gasteiger partial charge in [-0.25, -0.2) is 0 Å². The molecule has 3 unspecified atom stereocenters. The predicted molar refractivity (Wildman–Crippen MR) is 105 cm³/mol. The van der Waals surface area contributed by atoms with Crippen LogP contribution in [0, 0.1) is 5.92 Å². The second-order valence-corrected chi connectivity index (χ2v) is 12.0. The van der Waals surface area contributed by atoms with Gasteiger partial charge in [0.2, 0.25) is 0 Å². The summed E-state index contributed by atoms with van der Waals surface area (Å²) in [6, 6.07) is 11.8. The molecular formula is C21H36InN. The summed E-state index contributed by atoms with van der Waals surface area (Å²) in [5, 5.41) is 0. The van der Waals surface area contributed by atoms with Crippen LogP contribution in [0.15, 0.2) is 30.3 Å². The van der Waals surface area contributed by atoms with Crippen LogP contribution in [-0.2, 0) is 6.54 Å². The van der Waals surface area contributed by atoms with Crippen LogP contribution in [0.3, 0.4) is 0 Å². The van der Waals surface area contributed by atoms with Gasteiger partial charge in [0.15, 0.2) is 0 Å². The standard InChI is InChI=1S/C21H34N.In.2H/c1-3-4-5-6-7-9-12-20-15-16-22(19(2)17-20)18-21-13-10-8-11-14-21;;;/h8,10-14,19-20H,3-7,9,15-18H2,1-2H3;;;. The van der Waals surface area contributed by atoms with Crippen molar-refractivity contribution in [3.63, 3.8) is 0 Å². The Hall–Kier alpha value is 0.0501. The van der Waals surface area contributed by atoms with E-state index >= 15 is 0 Å². The molecule has 1 nitrogen and oxygen atoms in total. The first-order valence-electron chi connectivity index (χ1n) is 9.98. The molecule has 1 fully saturated rings. The summed E-state index contributed by atoms with van der Waals surface area (Å²) in [7, 11) is 0. The number of piperidine rings is 1. The molecule has 0 aromatic heterocycles. The molecule has 0 saturated carbocycles. The molecular weight excluding hydrogens is 381 g/mol. The number of rotatable bonds is 9. The predicted octanol–water partition coefficient (Wildman–Crippen LogP) is 5.07. The fourth-order valence-corrected chi connectivity index (χ4v) is 7.03. The molecule has 0 bridgehead atoms. The van der Waals surface area contributed by atoms with Gasteiger partial charge in [-0.05, 0) is 0 Å². The van der Waals surface area contributed by atoms with Crippen LogP contribution in [0.5, 0.6) is 0 Å². The van der Waals surface area contributed by atoms with Crippen molar-refractivity contribution in [2.45, 2.75) is 81.5 Å². The molecule has 0 radical (unpaired) electrons. The fraction of sp³-hybridized carbons (Fsp3) is 0.714. The summed E-state index contributed by atoms with van der Waals surface area (Å²) < 4.78 is 1.12. The van der Waals surface area contributed by atoms with Crippen LogP contribution in [-0.4, -0.2) is 41.9 Å². The van der Waals surface area contributed by atoms with Crippen molar-refractivity contribution < 1.29 is 0 Å². The maximum atomic E-state index is 2.70. The van der Waals surface area contributed by atoms with Gasteiger partial charge in [0.05, 0.1) is 0 Å². The van der Waals surface area contributed by atoms with Gasteiger partial charge in [0, 0.05) is 0 Å². The van der Waals surface area contributed by atoms with Crippen molar-refractivity contribution in [2.75, 3.05) is 6.54 Å². The van der Waals surface area contributed by atoms with Gasteiger partial charge in [-0.2, -0.15) is 0 Å². The van der Waals surface area contributed by atoms with Crippen LogP contribution >= 0.6 is 0 Å². The van der Waals surface area contributed by atoms with Crippen molar-refractivity contribution in [1.82, 2.24) is 4.90 Å². The molecule has 3 atom stereocenters. The van der Waals surface area contributed by atoms with E-state index in [2.05, 4.69) is 49.1 Å². The van der Waals surface area contributed by atoms with Gasteiger partial charge < -0.3 is 0 Å². The Morgan fingerprint density at radius 3 is 2.57 bits per heavy atom. The third-order valence-corrected chi connectivity index (χ3v) is 10.2. The van der Waals surface area contributed by atoms with Crippen molar-refractivity contribution in [3.8, 4) is 0 Å². The number of likely N-dealkylation sites (tertiary alicyclic amines) is 1. The average molecular weight is 417 g/mol. The van der Waals surface area contributed by atoms with Crippen LogP contribution in [0.2, 0.25) is 3.67 Å². The first-order valence-corrected chi connectivity index (χ1v) is 13.3. The molecule has 23 heavy (non-hydrogen) atoms. The topological polar surface area (TPSA) is 3.24 Å². The zero-order chi connectivity index (χ0) is 16.5. The molecule has 128 valence electrons. The Morgan fingerprint density at radius 2 is 1.87 bits per heavy atom. The number of unbranched alkanes of at least 4 members (excludes halogenated alkanes) is 4. The minimum atomic E-state index is 0.766. The normalized spacial score (nSPS) is 23.7. The first-order chi connectivity index (χ1) is 11.2. The number of hydrogen-bond donors (Lipinski definition) is 0. The van der Waals surface area contributed by atoms with Crippen molar-refractivity contribution in [3.05, 3.63) is 35.9 Å². The third kappa shape index (κ3) is 6.82. The van der Waals surface area contributed by atoms with Crippen LogP contribution in [0.4, 0.5) is 0 Å². The number of benzene rings is 1.